The number of rotatable bonds is 4. The minimum Gasteiger partial charge on any atom is -0.324 e. The number of aryl methyl sites for hydroxylation is 1. The summed E-state index contributed by atoms with van der Waals surface area (Å²) in [5.41, 5.74) is 3.98. The van der Waals surface area contributed by atoms with Gasteiger partial charge in [-0.25, -0.2) is 9.97 Å². The molecule has 0 aliphatic rings. The number of nitrogens with zero attached hydrogens (tertiary/aromatic N) is 3. The van der Waals surface area contributed by atoms with E-state index < -0.39 is 0 Å². The van der Waals surface area contributed by atoms with Crippen LogP contribution >= 0.6 is 0 Å². The lowest BCUT2D eigenvalue weighted by molar-refractivity contribution is 0.0988. The fraction of sp³-hybridized carbons (Fsp3) is 0.261. The number of benzene rings is 2. The van der Waals surface area contributed by atoms with Crippen molar-refractivity contribution in [1.82, 2.24) is 9.97 Å². The molecule has 1 amide bonds. The third-order valence-electron chi connectivity index (χ3n) is 4.50. The van der Waals surface area contributed by atoms with Crippen LogP contribution in [0.15, 0.2) is 60.7 Å². The second-order valence-electron chi connectivity index (χ2n) is 7.84. The van der Waals surface area contributed by atoms with Crippen LogP contribution in [0.1, 0.15) is 42.5 Å². The van der Waals surface area contributed by atoms with E-state index in [2.05, 4.69) is 42.1 Å². The van der Waals surface area contributed by atoms with Crippen molar-refractivity contribution >= 4 is 23.2 Å². The lowest BCUT2D eigenvalue weighted by Crippen LogP contribution is -2.27. The van der Waals surface area contributed by atoms with Crippen LogP contribution in [-0.2, 0) is 5.41 Å². The zero-order valence-corrected chi connectivity index (χ0v) is 17.0. The van der Waals surface area contributed by atoms with Gasteiger partial charge in [-0.05, 0) is 42.2 Å². The largest absolute Gasteiger partial charge is 0.324 e. The van der Waals surface area contributed by atoms with Gasteiger partial charge >= 0.3 is 0 Å². The molecule has 1 aromatic heterocycles. The van der Waals surface area contributed by atoms with E-state index in [0.717, 1.165) is 22.6 Å². The fourth-order valence-electron chi connectivity index (χ4n) is 3.04. The molecule has 144 valence electrons. The summed E-state index contributed by atoms with van der Waals surface area (Å²) in [5, 5.41) is 3.30. The van der Waals surface area contributed by atoms with E-state index in [1.54, 1.807) is 18.0 Å². The van der Waals surface area contributed by atoms with Crippen LogP contribution in [0.3, 0.4) is 0 Å². The molecule has 0 saturated carbocycles. The third kappa shape index (κ3) is 4.36. The maximum Gasteiger partial charge on any atom is 0.276 e. The maximum atomic E-state index is 12.9. The van der Waals surface area contributed by atoms with Gasteiger partial charge in [-0.2, -0.15) is 0 Å². The van der Waals surface area contributed by atoms with Gasteiger partial charge in [-0.3, -0.25) is 4.79 Å². The maximum absolute atomic E-state index is 12.9. The van der Waals surface area contributed by atoms with Gasteiger partial charge in [-0.15, -0.1) is 0 Å². The SMILES string of the molecule is Cc1cc(C(=O)N(C)c2ccccc2)nc(Nc2ccccc2C(C)(C)C)n1. The number of nitrogens with one attached hydrogen (secondary N) is 1. The Morgan fingerprint density at radius 1 is 0.964 bits per heavy atom. The van der Waals surface area contributed by atoms with E-state index in [1.807, 2.05) is 55.5 Å². The Hall–Kier alpha value is -3.21. The Balaban J connectivity index is 1.92. The van der Waals surface area contributed by atoms with Gasteiger partial charge in [-0.1, -0.05) is 57.2 Å². The molecule has 2 aromatic carbocycles. The zero-order chi connectivity index (χ0) is 20.3. The lowest BCUT2D eigenvalue weighted by Gasteiger charge is -2.23. The van der Waals surface area contributed by atoms with Gasteiger partial charge < -0.3 is 10.2 Å². The summed E-state index contributed by atoms with van der Waals surface area (Å²) in [6, 6.07) is 19.3. The molecule has 0 saturated heterocycles. The number of carbonyl (C=O) groups is 1. The molecule has 0 radical (unpaired) electrons. The number of para-hydroxylation sites is 2. The van der Waals surface area contributed by atoms with Gasteiger partial charge in [0.1, 0.15) is 5.69 Å². The minimum atomic E-state index is -0.177. The molecular weight excluding hydrogens is 348 g/mol. The molecule has 0 atom stereocenters. The summed E-state index contributed by atoms with van der Waals surface area (Å²) in [6.07, 6.45) is 0. The first-order chi connectivity index (χ1) is 13.3. The second kappa shape index (κ2) is 7.80. The Labute approximate surface area is 166 Å². The third-order valence-corrected chi connectivity index (χ3v) is 4.50. The Kier molecular flexibility index (Phi) is 5.45. The van der Waals surface area contributed by atoms with Crippen LogP contribution < -0.4 is 10.2 Å². The number of hydrogen-bond acceptors (Lipinski definition) is 4. The van der Waals surface area contributed by atoms with Crippen LogP contribution in [-0.4, -0.2) is 22.9 Å². The van der Waals surface area contributed by atoms with E-state index in [0.29, 0.717) is 11.6 Å². The summed E-state index contributed by atoms with van der Waals surface area (Å²) < 4.78 is 0. The van der Waals surface area contributed by atoms with Crippen molar-refractivity contribution in [2.45, 2.75) is 33.1 Å². The summed E-state index contributed by atoms with van der Waals surface area (Å²) in [6.45, 7) is 8.35. The van der Waals surface area contributed by atoms with E-state index in [-0.39, 0.29) is 11.3 Å². The standard InChI is InChI=1S/C23H26N4O/c1-16-15-20(21(28)27(5)17-11-7-6-8-12-17)26-22(24-16)25-19-14-10-9-13-18(19)23(2,3)4/h6-15H,1-5H3,(H,24,25,26). The molecule has 3 aromatic rings. The molecule has 0 fully saturated rings. The highest BCUT2D eigenvalue weighted by Crippen LogP contribution is 2.30. The molecule has 0 aliphatic heterocycles. The van der Waals surface area contributed by atoms with Gasteiger partial charge in [0, 0.05) is 24.1 Å². The minimum absolute atomic E-state index is 0.0282. The summed E-state index contributed by atoms with van der Waals surface area (Å²) in [5.74, 6) is 0.241. The van der Waals surface area contributed by atoms with Crippen molar-refractivity contribution in [2.75, 3.05) is 17.3 Å². The van der Waals surface area contributed by atoms with E-state index in [1.165, 1.54) is 0 Å². The smallest absolute Gasteiger partial charge is 0.276 e. The van der Waals surface area contributed by atoms with E-state index in [9.17, 15) is 4.79 Å². The Bertz CT molecular complexity index is 977. The Morgan fingerprint density at radius 2 is 1.61 bits per heavy atom. The van der Waals surface area contributed by atoms with Crippen molar-refractivity contribution in [3.8, 4) is 0 Å². The van der Waals surface area contributed by atoms with Crippen molar-refractivity contribution in [1.29, 1.82) is 0 Å². The van der Waals surface area contributed by atoms with Gasteiger partial charge in [0.15, 0.2) is 0 Å². The topological polar surface area (TPSA) is 58.1 Å². The molecule has 0 bridgehead atoms. The Morgan fingerprint density at radius 3 is 2.29 bits per heavy atom. The first-order valence-corrected chi connectivity index (χ1v) is 9.31. The second-order valence-corrected chi connectivity index (χ2v) is 7.84. The highest BCUT2D eigenvalue weighted by molar-refractivity contribution is 6.04. The van der Waals surface area contributed by atoms with Crippen LogP contribution in [0.5, 0.6) is 0 Å². The van der Waals surface area contributed by atoms with Crippen molar-refractivity contribution in [2.24, 2.45) is 0 Å². The summed E-state index contributed by atoms with van der Waals surface area (Å²) >= 11 is 0. The van der Waals surface area contributed by atoms with Gasteiger partial charge in [0.05, 0.1) is 0 Å². The van der Waals surface area contributed by atoms with Crippen LogP contribution in [0, 0.1) is 6.92 Å². The van der Waals surface area contributed by atoms with Gasteiger partial charge in [0.25, 0.3) is 5.91 Å². The molecule has 0 unspecified atom stereocenters. The number of aromatic nitrogens is 2. The quantitative estimate of drug-likeness (QED) is 0.690. The van der Waals surface area contributed by atoms with E-state index >= 15 is 0 Å². The monoisotopic (exact) mass is 374 g/mol. The number of anilines is 3. The van der Waals surface area contributed by atoms with Crippen molar-refractivity contribution in [3.63, 3.8) is 0 Å². The summed E-state index contributed by atoms with van der Waals surface area (Å²) in [4.78, 5) is 23.5. The molecular formula is C23H26N4O. The van der Waals surface area contributed by atoms with Crippen molar-refractivity contribution in [3.05, 3.63) is 77.6 Å². The van der Waals surface area contributed by atoms with Crippen LogP contribution in [0.25, 0.3) is 0 Å². The lowest BCUT2D eigenvalue weighted by atomic mass is 9.86. The predicted molar refractivity (Wildman–Crippen MR) is 114 cm³/mol. The average Bonchev–Trinajstić information content (AvgIpc) is 2.66. The molecule has 1 N–H and O–H groups in total. The zero-order valence-electron chi connectivity index (χ0n) is 17.0. The van der Waals surface area contributed by atoms with Crippen LogP contribution in [0.2, 0.25) is 0 Å². The highest BCUT2D eigenvalue weighted by Gasteiger charge is 2.20. The molecule has 5 heteroatoms. The molecule has 1 heterocycles. The predicted octanol–water partition coefficient (Wildman–Crippen LogP) is 5.10. The van der Waals surface area contributed by atoms with Crippen LogP contribution in [0.4, 0.5) is 17.3 Å². The highest BCUT2D eigenvalue weighted by atomic mass is 16.2. The number of carbonyl (C=O) groups excluding carboxylic acids is 1. The fourth-order valence-corrected chi connectivity index (χ4v) is 3.04. The van der Waals surface area contributed by atoms with Crippen molar-refractivity contribution < 1.29 is 4.79 Å². The normalized spacial score (nSPS) is 11.2. The summed E-state index contributed by atoms with van der Waals surface area (Å²) in [7, 11) is 1.75. The first kappa shape index (κ1) is 19.5. The molecule has 0 aliphatic carbocycles. The molecule has 3 rings (SSSR count). The van der Waals surface area contributed by atoms with E-state index in [4.69, 9.17) is 0 Å². The number of hydrogen-bond donors (Lipinski definition) is 1. The molecule has 0 spiro atoms. The molecule has 5 nitrogen and oxygen atoms in total. The average molecular weight is 374 g/mol. The number of amides is 1. The first-order valence-electron chi connectivity index (χ1n) is 9.31. The van der Waals surface area contributed by atoms with Gasteiger partial charge in [0.2, 0.25) is 5.95 Å². The molecule has 28 heavy (non-hydrogen) atoms.